The number of nitrogens with zero attached hydrogens (tertiary/aromatic N) is 1. The molecule has 2 aromatic carbocycles. The molecule has 0 saturated heterocycles. The molecule has 1 heterocycles. The Morgan fingerprint density at radius 1 is 1.07 bits per heavy atom. The van der Waals surface area contributed by atoms with E-state index in [2.05, 4.69) is 25.0 Å². The number of nitrogens with one attached hydrogen (secondary N) is 1. The number of fused-ring (bicyclic) bond motifs is 1. The summed E-state index contributed by atoms with van der Waals surface area (Å²) in [5.74, 6) is -0.545. The van der Waals surface area contributed by atoms with E-state index in [0.29, 0.717) is 42.4 Å². The Morgan fingerprint density at radius 2 is 1.77 bits per heavy atom. The molecule has 0 spiro atoms. The van der Waals surface area contributed by atoms with Gasteiger partial charge < -0.3 is 19.7 Å². The molecule has 0 aromatic heterocycles. The van der Waals surface area contributed by atoms with E-state index >= 15 is 0 Å². The maximum Gasteiger partial charge on any atom is 0.306 e. The summed E-state index contributed by atoms with van der Waals surface area (Å²) >= 11 is 0. The molecule has 40 heavy (non-hydrogen) atoms. The molecule has 2 aromatic rings. The molecule has 2 aliphatic rings. The minimum atomic E-state index is -1.88. The van der Waals surface area contributed by atoms with Crippen LogP contribution in [0.2, 0.25) is 19.6 Å². The van der Waals surface area contributed by atoms with Gasteiger partial charge in [0.25, 0.3) is 5.91 Å². The molecule has 216 valence electrons. The first-order valence-corrected chi connectivity index (χ1v) is 17.5. The zero-order valence-corrected chi connectivity index (χ0v) is 25.6. The van der Waals surface area contributed by atoms with E-state index in [1.54, 1.807) is 30.2 Å². The number of carbonyl (C=O) groups is 3. The number of hydrogen-bond acceptors (Lipinski definition) is 5. The van der Waals surface area contributed by atoms with Crippen LogP contribution in [0.5, 0.6) is 5.75 Å². The third kappa shape index (κ3) is 6.74. The minimum Gasteiger partial charge on any atom is -0.497 e. The van der Waals surface area contributed by atoms with Gasteiger partial charge in [-0.1, -0.05) is 31.8 Å². The lowest BCUT2D eigenvalue weighted by Gasteiger charge is -2.42. The fourth-order valence-electron chi connectivity index (χ4n) is 5.62. The number of amides is 2. The van der Waals surface area contributed by atoms with Gasteiger partial charge in [-0.3, -0.25) is 14.4 Å². The summed E-state index contributed by atoms with van der Waals surface area (Å²) < 4.78 is 25.7. The van der Waals surface area contributed by atoms with Gasteiger partial charge in [0.1, 0.15) is 23.2 Å². The van der Waals surface area contributed by atoms with Crippen molar-refractivity contribution in [3.8, 4) is 5.75 Å². The van der Waals surface area contributed by atoms with E-state index in [1.165, 1.54) is 6.07 Å². The van der Waals surface area contributed by atoms with Crippen LogP contribution in [0.3, 0.4) is 0 Å². The first-order valence-electron chi connectivity index (χ1n) is 14.0. The second kappa shape index (κ2) is 11.3. The number of carbonyl (C=O) groups excluding carboxylic acids is 3. The monoisotopic (exact) mass is 568 g/mol. The van der Waals surface area contributed by atoms with Gasteiger partial charge >= 0.3 is 5.97 Å². The van der Waals surface area contributed by atoms with Crippen molar-refractivity contribution in [2.24, 2.45) is 11.8 Å². The van der Waals surface area contributed by atoms with Crippen LogP contribution in [0.1, 0.15) is 57.2 Å². The zero-order chi connectivity index (χ0) is 29.4. The predicted molar refractivity (Wildman–Crippen MR) is 156 cm³/mol. The lowest BCUT2D eigenvalue weighted by Crippen LogP contribution is -2.50. The van der Waals surface area contributed by atoms with E-state index < -0.39 is 19.7 Å². The van der Waals surface area contributed by atoms with Crippen LogP contribution >= 0.6 is 0 Å². The Bertz CT molecular complexity index is 1290. The van der Waals surface area contributed by atoms with Crippen molar-refractivity contribution in [2.75, 3.05) is 19.0 Å². The number of esters is 1. The molecule has 1 atom stereocenters. The fourth-order valence-corrected chi connectivity index (χ4v) is 6.99. The van der Waals surface area contributed by atoms with Gasteiger partial charge in [0.05, 0.1) is 15.2 Å². The second-order valence-electron chi connectivity index (χ2n) is 13.0. The fraction of sp³-hybridized carbons (Fsp3) is 0.516. The van der Waals surface area contributed by atoms with Crippen LogP contribution in [-0.2, 0) is 25.5 Å². The molecule has 7 nitrogen and oxygen atoms in total. The number of halogens is 1. The molecule has 9 heteroatoms. The molecule has 1 fully saturated rings. The summed E-state index contributed by atoms with van der Waals surface area (Å²) in [6.45, 7) is 12.1. The highest BCUT2D eigenvalue weighted by molar-refractivity contribution is 6.88. The number of hydrogen-bond donors (Lipinski definition) is 1. The van der Waals surface area contributed by atoms with E-state index in [0.717, 1.165) is 11.1 Å². The number of ether oxygens (including phenoxy) is 2. The number of benzene rings is 2. The van der Waals surface area contributed by atoms with E-state index in [9.17, 15) is 18.8 Å². The van der Waals surface area contributed by atoms with Gasteiger partial charge in [0.2, 0.25) is 5.91 Å². The standard InChI is InChI=1S/C31H41FN2O5Si/c1-31(2,3)39-27(35)16-19-14-21(15-19)30(37)34-13-12-20-17-23(38-4)9-10-24(20)28(34)29(36)33-22-8-11-26(25(32)18-22)40(5,6)7/h8-11,17-19,21,28H,12-16H2,1-7H3,(H,33,36)/t19-,21+,28-/m1/s1. The summed E-state index contributed by atoms with van der Waals surface area (Å²) in [4.78, 5) is 41.3. The van der Waals surface area contributed by atoms with Gasteiger partial charge in [-0.05, 0) is 86.5 Å². The molecule has 0 radical (unpaired) electrons. The number of rotatable bonds is 7. The average molecular weight is 569 g/mol. The van der Waals surface area contributed by atoms with E-state index in [1.807, 2.05) is 32.9 Å². The van der Waals surface area contributed by atoms with Crippen molar-refractivity contribution >= 4 is 36.7 Å². The molecular formula is C31H41FN2O5Si. The third-order valence-corrected chi connectivity index (χ3v) is 9.64. The SMILES string of the molecule is COc1ccc2c(c1)CCN(C(=O)[C@H]1C[C@@H](CC(=O)OC(C)(C)C)C1)[C@H]2C(=O)Nc1ccc([Si](C)(C)C)c(F)c1. The summed E-state index contributed by atoms with van der Waals surface area (Å²) in [5.41, 5.74) is 1.50. The van der Waals surface area contributed by atoms with Gasteiger partial charge in [0, 0.05) is 24.6 Å². The summed E-state index contributed by atoms with van der Waals surface area (Å²) in [6, 6.07) is 9.51. The molecule has 1 aliphatic heterocycles. The Labute approximate surface area is 237 Å². The topological polar surface area (TPSA) is 84.9 Å². The van der Waals surface area contributed by atoms with Gasteiger partial charge in [-0.2, -0.15) is 0 Å². The van der Waals surface area contributed by atoms with Crippen LogP contribution in [0, 0.1) is 17.7 Å². The minimum absolute atomic E-state index is 0.0882. The highest BCUT2D eigenvalue weighted by Crippen LogP contribution is 2.41. The number of methoxy groups -OCH3 is 1. The maximum absolute atomic E-state index is 14.9. The maximum atomic E-state index is 14.9. The van der Waals surface area contributed by atoms with Gasteiger partial charge in [0.15, 0.2) is 0 Å². The van der Waals surface area contributed by atoms with Crippen molar-refractivity contribution in [3.63, 3.8) is 0 Å². The van der Waals surface area contributed by atoms with Crippen molar-refractivity contribution in [3.05, 3.63) is 53.3 Å². The molecule has 1 saturated carbocycles. The lowest BCUT2D eigenvalue weighted by atomic mass is 9.72. The largest absolute Gasteiger partial charge is 0.497 e. The van der Waals surface area contributed by atoms with Crippen molar-refractivity contribution in [1.29, 1.82) is 0 Å². The molecule has 0 unspecified atom stereocenters. The normalized spacial score (nSPS) is 20.7. The van der Waals surface area contributed by atoms with Crippen LogP contribution in [0.25, 0.3) is 0 Å². The first-order chi connectivity index (χ1) is 18.7. The van der Waals surface area contributed by atoms with Crippen molar-refractivity contribution in [2.45, 2.75) is 77.7 Å². The molecular weight excluding hydrogens is 527 g/mol. The van der Waals surface area contributed by atoms with E-state index in [4.69, 9.17) is 9.47 Å². The third-order valence-electron chi connectivity index (χ3n) is 7.61. The molecule has 1 aliphatic carbocycles. The summed E-state index contributed by atoms with van der Waals surface area (Å²) in [5, 5.41) is 3.56. The second-order valence-corrected chi connectivity index (χ2v) is 18.0. The molecule has 0 bridgehead atoms. The molecule has 1 N–H and O–H groups in total. The summed E-state index contributed by atoms with van der Waals surface area (Å²) in [7, 11) is -0.285. The Hall–Kier alpha value is -3.20. The highest BCUT2D eigenvalue weighted by atomic mass is 28.3. The van der Waals surface area contributed by atoms with E-state index in [-0.39, 0.29) is 41.9 Å². The molecule has 4 rings (SSSR count). The molecule has 2 amide bonds. The van der Waals surface area contributed by atoms with Gasteiger partial charge in [-0.25, -0.2) is 4.39 Å². The number of anilines is 1. The van der Waals surface area contributed by atoms with Crippen LogP contribution < -0.4 is 15.2 Å². The average Bonchev–Trinajstić information content (AvgIpc) is 2.82. The van der Waals surface area contributed by atoms with Crippen molar-refractivity contribution in [1.82, 2.24) is 4.90 Å². The lowest BCUT2D eigenvalue weighted by molar-refractivity contribution is -0.159. The predicted octanol–water partition coefficient (Wildman–Crippen LogP) is 5.20. The van der Waals surface area contributed by atoms with Gasteiger partial charge in [-0.15, -0.1) is 0 Å². The Morgan fingerprint density at radius 3 is 2.38 bits per heavy atom. The van der Waals surface area contributed by atoms with Crippen molar-refractivity contribution < 1.29 is 28.2 Å². The zero-order valence-electron chi connectivity index (χ0n) is 24.6. The smallest absolute Gasteiger partial charge is 0.306 e. The first kappa shape index (κ1) is 29.8. The van der Waals surface area contributed by atoms with Crippen LogP contribution in [-0.4, -0.2) is 50.0 Å². The Kier molecular flexibility index (Phi) is 8.45. The summed E-state index contributed by atoms with van der Waals surface area (Å²) in [6.07, 6.45) is 2.05. The van der Waals surface area contributed by atoms with Crippen LogP contribution in [0.4, 0.5) is 10.1 Å². The Balaban J connectivity index is 1.53. The quantitative estimate of drug-likeness (QED) is 0.367. The highest BCUT2D eigenvalue weighted by Gasteiger charge is 2.43. The van der Waals surface area contributed by atoms with Crippen LogP contribution in [0.15, 0.2) is 36.4 Å².